The van der Waals surface area contributed by atoms with Crippen molar-refractivity contribution in [1.82, 2.24) is 0 Å². The van der Waals surface area contributed by atoms with Gasteiger partial charge in [-0.25, -0.2) is 0 Å². The summed E-state index contributed by atoms with van der Waals surface area (Å²) in [6, 6.07) is 10.8. The number of hydrogen-bond donors (Lipinski definition) is 1. The molecular formula is C17H15ClINO4. The van der Waals surface area contributed by atoms with E-state index in [2.05, 4.69) is 27.9 Å². The smallest absolute Gasteiger partial charge is 0.262 e. The second-order valence-corrected chi connectivity index (χ2v) is 6.77. The minimum absolute atomic E-state index is 0.106. The number of benzene rings is 2. The molecule has 0 saturated heterocycles. The number of rotatable bonds is 4. The molecule has 126 valence electrons. The van der Waals surface area contributed by atoms with Crippen molar-refractivity contribution in [3.63, 3.8) is 0 Å². The number of anilines is 1. The van der Waals surface area contributed by atoms with E-state index in [1.807, 2.05) is 24.3 Å². The molecule has 0 bridgehead atoms. The quantitative estimate of drug-likeness (QED) is 0.699. The summed E-state index contributed by atoms with van der Waals surface area (Å²) in [6.45, 7) is 1.04. The van der Waals surface area contributed by atoms with Gasteiger partial charge in [-0.2, -0.15) is 0 Å². The number of hydrogen-bond acceptors (Lipinski definition) is 4. The highest BCUT2D eigenvalue weighted by Crippen LogP contribution is 2.37. The second-order valence-electron chi connectivity index (χ2n) is 5.12. The predicted molar refractivity (Wildman–Crippen MR) is 100 cm³/mol. The van der Waals surface area contributed by atoms with E-state index in [0.717, 1.165) is 9.99 Å². The predicted octanol–water partition coefficient (Wildman–Crippen LogP) is 4.12. The zero-order valence-corrected chi connectivity index (χ0v) is 15.6. The van der Waals surface area contributed by atoms with Crippen LogP contribution >= 0.6 is 34.2 Å². The Labute approximate surface area is 158 Å². The first-order valence-electron chi connectivity index (χ1n) is 7.39. The molecule has 0 unspecified atom stereocenters. The summed E-state index contributed by atoms with van der Waals surface area (Å²) < 4.78 is 17.7. The van der Waals surface area contributed by atoms with Crippen LogP contribution in [0.5, 0.6) is 17.2 Å². The highest BCUT2D eigenvalue weighted by molar-refractivity contribution is 14.1. The van der Waals surface area contributed by atoms with Crippen molar-refractivity contribution >= 4 is 45.8 Å². The first-order chi connectivity index (χ1) is 11.6. The van der Waals surface area contributed by atoms with Crippen molar-refractivity contribution < 1.29 is 19.0 Å². The number of carbonyl (C=O) groups excluding carboxylic acids is 1. The molecule has 1 N–H and O–H groups in total. The molecule has 0 fully saturated rings. The summed E-state index contributed by atoms with van der Waals surface area (Å²) in [6.07, 6.45) is 0.803. The van der Waals surface area contributed by atoms with E-state index in [0.29, 0.717) is 41.2 Å². The van der Waals surface area contributed by atoms with Gasteiger partial charge in [-0.05, 0) is 46.9 Å². The van der Waals surface area contributed by atoms with E-state index in [1.54, 1.807) is 12.1 Å². The molecule has 5 nitrogen and oxygen atoms in total. The first-order valence-corrected chi connectivity index (χ1v) is 8.85. The normalized spacial score (nSPS) is 13.1. The average Bonchev–Trinajstić information content (AvgIpc) is 2.79. The van der Waals surface area contributed by atoms with Crippen molar-refractivity contribution in [2.24, 2.45) is 0 Å². The minimum Gasteiger partial charge on any atom is -0.490 e. The van der Waals surface area contributed by atoms with Crippen LogP contribution in [0.1, 0.15) is 6.42 Å². The highest BCUT2D eigenvalue weighted by atomic mass is 127. The maximum atomic E-state index is 12.1. The Morgan fingerprint density at radius 2 is 1.83 bits per heavy atom. The maximum Gasteiger partial charge on any atom is 0.262 e. The molecular weight excluding hydrogens is 445 g/mol. The summed E-state index contributed by atoms with van der Waals surface area (Å²) in [4.78, 5) is 12.1. The molecule has 0 spiro atoms. The number of halogens is 2. The first kappa shape index (κ1) is 17.2. The average molecular weight is 460 g/mol. The molecule has 1 amide bonds. The molecule has 1 heterocycles. The third-order valence-corrected chi connectivity index (χ3v) is 4.33. The van der Waals surface area contributed by atoms with Crippen LogP contribution in [-0.2, 0) is 4.79 Å². The molecule has 24 heavy (non-hydrogen) atoms. The van der Waals surface area contributed by atoms with E-state index in [4.69, 9.17) is 25.8 Å². The van der Waals surface area contributed by atoms with Crippen molar-refractivity contribution in [2.75, 3.05) is 25.1 Å². The topological polar surface area (TPSA) is 56.8 Å². The lowest BCUT2D eigenvalue weighted by Crippen LogP contribution is -2.20. The molecule has 0 saturated carbocycles. The fourth-order valence-electron chi connectivity index (χ4n) is 2.15. The molecule has 0 aromatic heterocycles. The molecule has 0 radical (unpaired) electrons. The van der Waals surface area contributed by atoms with Crippen LogP contribution in [-0.4, -0.2) is 25.7 Å². The fraction of sp³-hybridized carbons (Fsp3) is 0.235. The lowest BCUT2D eigenvalue weighted by atomic mass is 10.2. The fourth-order valence-corrected chi connectivity index (χ4v) is 2.71. The van der Waals surface area contributed by atoms with Gasteiger partial charge < -0.3 is 19.5 Å². The van der Waals surface area contributed by atoms with Crippen LogP contribution in [0.3, 0.4) is 0 Å². The monoisotopic (exact) mass is 459 g/mol. The summed E-state index contributed by atoms with van der Waals surface area (Å²) in [5.74, 6) is 1.50. The summed E-state index contributed by atoms with van der Waals surface area (Å²) in [5, 5.41) is 3.12. The van der Waals surface area contributed by atoms with Crippen molar-refractivity contribution in [3.8, 4) is 17.2 Å². The standard InChI is InChI=1S/C17H15ClINO4/c18-13-8-15-16(23-7-1-6-22-15)9-14(13)20-17(21)10-24-12-4-2-11(19)3-5-12/h2-5,8-9H,1,6-7,10H2,(H,20,21). The van der Waals surface area contributed by atoms with Gasteiger partial charge in [0.2, 0.25) is 0 Å². The Bertz CT molecular complexity index is 736. The van der Waals surface area contributed by atoms with Crippen LogP contribution in [0.4, 0.5) is 5.69 Å². The number of fused-ring (bicyclic) bond motifs is 1. The van der Waals surface area contributed by atoms with Crippen molar-refractivity contribution in [1.29, 1.82) is 0 Å². The van der Waals surface area contributed by atoms with Gasteiger partial charge in [0.1, 0.15) is 5.75 Å². The maximum absolute atomic E-state index is 12.1. The van der Waals surface area contributed by atoms with Gasteiger partial charge in [0.25, 0.3) is 5.91 Å². The lowest BCUT2D eigenvalue weighted by molar-refractivity contribution is -0.118. The van der Waals surface area contributed by atoms with Crippen LogP contribution in [0.25, 0.3) is 0 Å². The van der Waals surface area contributed by atoms with Crippen LogP contribution < -0.4 is 19.5 Å². The molecule has 1 aliphatic rings. The Hall–Kier alpha value is -1.67. The lowest BCUT2D eigenvalue weighted by Gasteiger charge is -2.13. The number of ether oxygens (including phenoxy) is 3. The third kappa shape index (κ3) is 4.45. The Kier molecular flexibility index (Phi) is 5.68. The zero-order chi connectivity index (χ0) is 16.9. The number of carbonyl (C=O) groups is 1. The van der Waals surface area contributed by atoms with Crippen molar-refractivity contribution in [3.05, 3.63) is 45.0 Å². The minimum atomic E-state index is -0.301. The summed E-state index contributed by atoms with van der Waals surface area (Å²) in [5.41, 5.74) is 0.470. The number of amides is 1. The van der Waals surface area contributed by atoms with Crippen LogP contribution in [0.15, 0.2) is 36.4 Å². The summed E-state index contributed by atoms with van der Waals surface area (Å²) in [7, 11) is 0. The van der Waals surface area contributed by atoms with E-state index in [-0.39, 0.29) is 12.5 Å². The van der Waals surface area contributed by atoms with E-state index < -0.39 is 0 Å². The second kappa shape index (κ2) is 7.94. The van der Waals surface area contributed by atoms with Gasteiger partial charge in [0.15, 0.2) is 18.1 Å². The molecule has 0 aliphatic carbocycles. The molecule has 2 aromatic rings. The van der Waals surface area contributed by atoms with Gasteiger partial charge in [0, 0.05) is 22.1 Å². The van der Waals surface area contributed by atoms with Gasteiger partial charge in [-0.15, -0.1) is 0 Å². The largest absolute Gasteiger partial charge is 0.490 e. The Morgan fingerprint density at radius 3 is 2.54 bits per heavy atom. The van der Waals surface area contributed by atoms with Gasteiger partial charge in [-0.3, -0.25) is 4.79 Å². The molecule has 7 heteroatoms. The Balaban J connectivity index is 1.63. The van der Waals surface area contributed by atoms with E-state index in [1.165, 1.54) is 0 Å². The highest BCUT2D eigenvalue weighted by Gasteiger charge is 2.15. The van der Waals surface area contributed by atoms with Gasteiger partial charge >= 0.3 is 0 Å². The molecule has 0 atom stereocenters. The third-order valence-electron chi connectivity index (χ3n) is 3.29. The van der Waals surface area contributed by atoms with Gasteiger partial charge in [-0.1, -0.05) is 11.6 Å². The van der Waals surface area contributed by atoms with Crippen LogP contribution in [0.2, 0.25) is 5.02 Å². The van der Waals surface area contributed by atoms with E-state index in [9.17, 15) is 4.79 Å². The molecule has 3 rings (SSSR count). The zero-order valence-electron chi connectivity index (χ0n) is 12.7. The molecule has 2 aromatic carbocycles. The van der Waals surface area contributed by atoms with Gasteiger partial charge in [0.05, 0.1) is 23.9 Å². The van der Waals surface area contributed by atoms with Crippen LogP contribution in [0, 0.1) is 3.57 Å². The SMILES string of the molecule is O=C(COc1ccc(I)cc1)Nc1cc2c(cc1Cl)OCCCO2. The van der Waals surface area contributed by atoms with Crippen molar-refractivity contribution in [2.45, 2.75) is 6.42 Å². The summed E-state index contributed by atoms with van der Waals surface area (Å²) >= 11 is 8.41. The number of nitrogens with one attached hydrogen (secondary N) is 1. The Morgan fingerprint density at radius 1 is 1.17 bits per heavy atom. The molecule has 1 aliphatic heterocycles. The van der Waals surface area contributed by atoms with E-state index >= 15 is 0 Å².